The van der Waals surface area contributed by atoms with Crippen LogP contribution in [-0.4, -0.2) is 9.97 Å². The maximum Gasteiger partial charge on any atom is 0.224 e. The van der Waals surface area contributed by atoms with Crippen LogP contribution in [0.15, 0.2) is 29.4 Å². The molecule has 0 radical (unpaired) electrons. The van der Waals surface area contributed by atoms with Crippen LogP contribution in [0.1, 0.15) is 0 Å². The van der Waals surface area contributed by atoms with Crippen molar-refractivity contribution in [2.45, 2.75) is 0 Å². The molecule has 0 amide bonds. The van der Waals surface area contributed by atoms with Gasteiger partial charge >= 0.3 is 0 Å². The lowest BCUT2D eigenvalue weighted by atomic mass is 10.3. The standard InChI is InChI=1S/C10H9FN6O/c11-5-1-3-6(4-2-5)14-9-7(17-18)8(12)15-10(13)16-9/h1-4H,(H5,12,13,14,15,16). The van der Waals surface area contributed by atoms with Crippen molar-refractivity contribution in [1.82, 2.24) is 9.97 Å². The van der Waals surface area contributed by atoms with E-state index in [1.165, 1.54) is 24.3 Å². The molecule has 0 aliphatic heterocycles. The summed E-state index contributed by atoms with van der Waals surface area (Å²) in [4.78, 5) is 18.1. The van der Waals surface area contributed by atoms with E-state index in [4.69, 9.17) is 11.5 Å². The normalized spacial score (nSPS) is 10.1. The lowest BCUT2D eigenvalue weighted by molar-refractivity contribution is 0.628. The summed E-state index contributed by atoms with van der Waals surface area (Å²) in [7, 11) is 0. The summed E-state index contributed by atoms with van der Waals surface area (Å²) in [5.74, 6) is -0.524. The summed E-state index contributed by atoms with van der Waals surface area (Å²) < 4.78 is 12.7. The molecule has 0 bridgehead atoms. The first-order chi connectivity index (χ1) is 8.60. The molecule has 0 saturated heterocycles. The second kappa shape index (κ2) is 4.62. The van der Waals surface area contributed by atoms with Gasteiger partial charge in [0.1, 0.15) is 5.82 Å². The molecule has 7 nitrogen and oxygen atoms in total. The van der Waals surface area contributed by atoms with Crippen LogP contribution in [0.2, 0.25) is 0 Å². The zero-order valence-electron chi connectivity index (χ0n) is 9.09. The van der Waals surface area contributed by atoms with Crippen molar-refractivity contribution in [3.63, 3.8) is 0 Å². The molecule has 0 aliphatic rings. The van der Waals surface area contributed by atoms with E-state index in [1.54, 1.807) is 0 Å². The summed E-state index contributed by atoms with van der Waals surface area (Å²) in [6.07, 6.45) is 0. The number of nitrogens with one attached hydrogen (secondary N) is 1. The Balaban J connectivity index is 2.39. The molecular formula is C10H9FN6O. The molecular weight excluding hydrogens is 239 g/mol. The van der Waals surface area contributed by atoms with Crippen LogP contribution >= 0.6 is 0 Å². The Bertz CT molecular complexity index is 586. The highest BCUT2D eigenvalue weighted by Crippen LogP contribution is 2.31. The number of benzene rings is 1. The molecule has 0 aliphatic carbocycles. The lowest BCUT2D eigenvalue weighted by Crippen LogP contribution is -2.04. The largest absolute Gasteiger partial charge is 0.382 e. The highest BCUT2D eigenvalue weighted by molar-refractivity contribution is 5.77. The first-order valence-electron chi connectivity index (χ1n) is 4.89. The topological polar surface area (TPSA) is 119 Å². The SMILES string of the molecule is Nc1nc(N)c(N=O)c(Nc2ccc(F)cc2)n1. The molecule has 18 heavy (non-hydrogen) atoms. The number of nitrogens with zero attached hydrogens (tertiary/aromatic N) is 3. The fourth-order valence-corrected chi connectivity index (χ4v) is 1.34. The van der Waals surface area contributed by atoms with Gasteiger partial charge in [0.2, 0.25) is 5.95 Å². The monoisotopic (exact) mass is 248 g/mol. The van der Waals surface area contributed by atoms with E-state index in [0.29, 0.717) is 5.69 Å². The molecule has 8 heteroatoms. The van der Waals surface area contributed by atoms with Gasteiger partial charge in [-0.2, -0.15) is 9.97 Å². The number of nitrogen functional groups attached to an aromatic ring is 2. The number of halogens is 1. The van der Waals surface area contributed by atoms with Gasteiger partial charge in [0.15, 0.2) is 17.3 Å². The molecule has 0 atom stereocenters. The maximum absolute atomic E-state index is 12.7. The quantitative estimate of drug-likeness (QED) is 0.714. The van der Waals surface area contributed by atoms with Crippen molar-refractivity contribution in [1.29, 1.82) is 0 Å². The Hall–Kier alpha value is -2.77. The Morgan fingerprint density at radius 2 is 1.83 bits per heavy atom. The minimum absolute atomic E-state index is 0.0709. The Labute approximate surface area is 101 Å². The van der Waals surface area contributed by atoms with Gasteiger partial charge in [-0.1, -0.05) is 0 Å². The second-order valence-electron chi connectivity index (χ2n) is 3.39. The molecule has 2 aromatic rings. The van der Waals surface area contributed by atoms with Gasteiger partial charge in [-0.15, -0.1) is 4.91 Å². The number of rotatable bonds is 3. The number of hydrogen-bond acceptors (Lipinski definition) is 7. The molecule has 1 heterocycles. The third kappa shape index (κ3) is 2.32. The highest BCUT2D eigenvalue weighted by atomic mass is 19.1. The van der Waals surface area contributed by atoms with Gasteiger partial charge in [-0.25, -0.2) is 4.39 Å². The van der Waals surface area contributed by atoms with E-state index in [0.717, 1.165) is 0 Å². The average molecular weight is 248 g/mol. The van der Waals surface area contributed by atoms with Gasteiger partial charge in [-0.05, 0) is 29.4 Å². The van der Waals surface area contributed by atoms with Crippen LogP contribution in [0.4, 0.5) is 33.3 Å². The zero-order valence-corrected chi connectivity index (χ0v) is 9.09. The first-order valence-corrected chi connectivity index (χ1v) is 4.89. The predicted molar refractivity (Wildman–Crippen MR) is 66.0 cm³/mol. The van der Waals surface area contributed by atoms with Crippen molar-refractivity contribution in [2.24, 2.45) is 5.18 Å². The van der Waals surface area contributed by atoms with E-state index >= 15 is 0 Å². The number of aromatic nitrogens is 2. The van der Waals surface area contributed by atoms with Crippen LogP contribution in [0, 0.1) is 10.7 Å². The summed E-state index contributed by atoms with van der Waals surface area (Å²) in [6, 6.07) is 5.45. The molecule has 0 saturated carbocycles. The van der Waals surface area contributed by atoms with E-state index in [9.17, 15) is 9.30 Å². The van der Waals surface area contributed by atoms with Gasteiger partial charge in [-0.3, -0.25) is 0 Å². The maximum atomic E-state index is 12.7. The second-order valence-corrected chi connectivity index (χ2v) is 3.39. The number of hydrogen-bond donors (Lipinski definition) is 3. The minimum atomic E-state index is -0.379. The van der Waals surface area contributed by atoms with Crippen molar-refractivity contribution in [2.75, 3.05) is 16.8 Å². The Morgan fingerprint density at radius 3 is 2.44 bits per heavy atom. The first kappa shape index (κ1) is 11.7. The molecule has 0 unspecified atom stereocenters. The van der Waals surface area contributed by atoms with E-state index in [-0.39, 0.29) is 29.1 Å². The lowest BCUT2D eigenvalue weighted by Gasteiger charge is -2.08. The van der Waals surface area contributed by atoms with E-state index < -0.39 is 0 Å². The van der Waals surface area contributed by atoms with Crippen LogP contribution in [0.25, 0.3) is 0 Å². The Kier molecular flexibility index (Phi) is 3.00. The van der Waals surface area contributed by atoms with E-state index in [1.807, 2.05) is 0 Å². The fraction of sp³-hybridized carbons (Fsp3) is 0. The molecule has 0 spiro atoms. The number of nitroso groups, excluding NO2 is 1. The summed E-state index contributed by atoms with van der Waals surface area (Å²) in [5, 5.41) is 5.49. The van der Waals surface area contributed by atoms with Crippen molar-refractivity contribution < 1.29 is 4.39 Å². The number of nitrogens with two attached hydrogens (primary N) is 2. The van der Waals surface area contributed by atoms with Crippen LogP contribution in [0.5, 0.6) is 0 Å². The van der Waals surface area contributed by atoms with E-state index in [2.05, 4.69) is 20.5 Å². The van der Waals surface area contributed by atoms with Gasteiger partial charge < -0.3 is 16.8 Å². The van der Waals surface area contributed by atoms with Crippen LogP contribution in [0.3, 0.4) is 0 Å². The van der Waals surface area contributed by atoms with Crippen molar-refractivity contribution >= 4 is 29.0 Å². The minimum Gasteiger partial charge on any atom is -0.382 e. The smallest absolute Gasteiger partial charge is 0.224 e. The van der Waals surface area contributed by atoms with Gasteiger partial charge in [0.05, 0.1) is 0 Å². The fourth-order valence-electron chi connectivity index (χ4n) is 1.34. The molecule has 1 aromatic heterocycles. The zero-order chi connectivity index (χ0) is 13.1. The molecule has 0 fully saturated rings. The highest BCUT2D eigenvalue weighted by Gasteiger charge is 2.12. The number of anilines is 4. The van der Waals surface area contributed by atoms with Crippen molar-refractivity contribution in [3.8, 4) is 0 Å². The molecule has 1 aromatic carbocycles. The third-order valence-corrected chi connectivity index (χ3v) is 2.13. The predicted octanol–water partition coefficient (Wildman–Crippen LogP) is 1.92. The van der Waals surface area contributed by atoms with Gasteiger partial charge in [0, 0.05) is 5.69 Å². The summed E-state index contributed by atoms with van der Waals surface area (Å²) in [5.41, 5.74) is 11.3. The van der Waals surface area contributed by atoms with Crippen molar-refractivity contribution in [3.05, 3.63) is 35.0 Å². The molecule has 2 rings (SSSR count). The summed E-state index contributed by atoms with van der Waals surface area (Å²) in [6.45, 7) is 0. The average Bonchev–Trinajstić information content (AvgIpc) is 2.32. The van der Waals surface area contributed by atoms with Crippen LogP contribution in [-0.2, 0) is 0 Å². The third-order valence-electron chi connectivity index (χ3n) is 2.13. The summed E-state index contributed by atoms with van der Waals surface area (Å²) >= 11 is 0. The van der Waals surface area contributed by atoms with Crippen LogP contribution < -0.4 is 16.8 Å². The molecule has 5 N–H and O–H groups in total. The van der Waals surface area contributed by atoms with Gasteiger partial charge in [0.25, 0.3) is 0 Å². The Morgan fingerprint density at radius 1 is 1.17 bits per heavy atom. The molecule has 92 valence electrons.